The van der Waals surface area contributed by atoms with Gasteiger partial charge in [0.1, 0.15) is 0 Å². The zero-order valence-electron chi connectivity index (χ0n) is 12.2. The van der Waals surface area contributed by atoms with E-state index in [9.17, 15) is 5.11 Å². The van der Waals surface area contributed by atoms with Crippen LogP contribution in [-0.4, -0.2) is 48.0 Å². The van der Waals surface area contributed by atoms with Crippen molar-refractivity contribution >= 4 is 0 Å². The minimum atomic E-state index is -0.427. The highest BCUT2D eigenvalue weighted by atomic mass is 16.5. The van der Waals surface area contributed by atoms with Crippen LogP contribution in [0, 0.1) is 6.92 Å². The quantitative estimate of drug-likeness (QED) is 0.902. The molecule has 2 unspecified atom stereocenters. The van der Waals surface area contributed by atoms with E-state index >= 15 is 0 Å². The van der Waals surface area contributed by atoms with Crippen LogP contribution in [0.25, 0.3) is 0 Å². The Morgan fingerprint density at radius 1 is 1.42 bits per heavy atom. The summed E-state index contributed by atoms with van der Waals surface area (Å²) in [5.74, 6) is 0. The second kappa shape index (κ2) is 6.51. The number of rotatable bonds is 4. The minimum Gasteiger partial charge on any atom is -0.390 e. The van der Waals surface area contributed by atoms with Crippen molar-refractivity contribution in [1.82, 2.24) is 4.90 Å². The summed E-state index contributed by atoms with van der Waals surface area (Å²) in [6.07, 6.45) is 0.165. The monoisotopic (exact) mass is 263 g/mol. The number of hydrogen-bond donors (Lipinski definition) is 1. The highest BCUT2D eigenvalue weighted by Gasteiger charge is 2.27. The number of hydrogen-bond acceptors (Lipinski definition) is 3. The number of nitrogens with zero attached hydrogens (tertiary/aromatic N) is 1. The van der Waals surface area contributed by atoms with E-state index in [-0.39, 0.29) is 6.10 Å². The van der Waals surface area contributed by atoms with E-state index in [0.717, 1.165) is 13.1 Å². The molecule has 0 aliphatic carbocycles. The molecule has 0 bridgehead atoms. The molecule has 0 spiro atoms. The number of aryl methyl sites for hydroxylation is 1. The standard InChI is InChI=1S/C16H25NO2/c1-12(2)17-7-8-19-16(11-17)15(18)10-14-6-4-5-13(3)9-14/h4-6,9,12,15-16,18H,7-8,10-11H2,1-3H3. The van der Waals surface area contributed by atoms with Crippen molar-refractivity contribution in [3.8, 4) is 0 Å². The van der Waals surface area contributed by atoms with E-state index in [2.05, 4.69) is 43.9 Å². The second-order valence-electron chi connectivity index (χ2n) is 5.76. The molecular formula is C16H25NO2. The molecule has 1 aromatic rings. The molecule has 0 amide bonds. The molecule has 3 nitrogen and oxygen atoms in total. The van der Waals surface area contributed by atoms with Gasteiger partial charge in [-0.1, -0.05) is 29.8 Å². The summed E-state index contributed by atoms with van der Waals surface area (Å²) in [6, 6.07) is 8.83. The van der Waals surface area contributed by atoms with Crippen LogP contribution in [0.4, 0.5) is 0 Å². The fraction of sp³-hybridized carbons (Fsp3) is 0.625. The van der Waals surface area contributed by atoms with Crippen LogP contribution in [0.1, 0.15) is 25.0 Å². The number of aliphatic hydroxyl groups is 1. The van der Waals surface area contributed by atoms with E-state index in [1.807, 2.05) is 6.07 Å². The van der Waals surface area contributed by atoms with Crippen molar-refractivity contribution in [3.05, 3.63) is 35.4 Å². The Balaban J connectivity index is 1.94. The SMILES string of the molecule is Cc1cccc(CC(O)C2CN(C(C)C)CCO2)c1. The van der Waals surface area contributed by atoms with Gasteiger partial charge in [0.25, 0.3) is 0 Å². The van der Waals surface area contributed by atoms with E-state index in [4.69, 9.17) is 4.74 Å². The number of aliphatic hydroxyl groups excluding tert-OH is 1. The first-order chi connectivity index (χ1) is 9.06. The molecule has 2 rings (SSSR count). The Morgan fingerprint density at radius 3 is 2.89 bits per heavy atom. The Morgan fingerprint density at radius 2 is 2.21 bits per heavy atom. The molecule has 1 fully saturated rings. The normalized spacial score (nSPS) is 22.7. The second-order valence-corrected chi connectivity index (χ2v) is 5.76. The molecule has 0 aromatic heterocycles. The summed E-state index contributed by atoms with van der Waals surface area (Å²) in [6.45, 7) is 8.96. The van der Waals surface area contributed by atoms with Crippen LogP contribution in [0.3, 0.4) is 0 Å². The van der Waals surface area contributed by atoms with Crippen molar-refractivity contribution < 1.29 is 9.84 Å². The largest absolute Gasteiger partial charge is 0.390 e. The van der Waals surface area contributed by atoms with Gasteiger partial charge >= 0.3 is 0 Å². The van der Waals surface area contributed by atoms with Crippen LogP contribution >= 0.6 is 0 Å². The van der Waals surface area contributed by atoms with Crippen LogP contribution in [-0.2, 0) is 11.2 Å². The Kier molecular flexibility index (Phi) is 4.97. The van der Waals surface area contributed by atoms with Gasteiger partial charge in [-0.15, -0.1) is 0 Å². The van der Waals surface area contributed by atoms with Gasteiger partial charge in [0.05, 0.1) is 18.8 Å². The molecule has 1 heterocycles. The van der Waals surface area contributed by atoms with Gasteiger partial charge in [-0.05, 0) is 26.3 Å². The van der Waals surface area contributed by atoms with Gasteiger partial charge in [0.2, 0.25) is 0 Å². The smallest absolute Gasteiger partial charge is 0.0964 e. The van der Waals surface area contributed by atoms with Gasteiger partial charge in [-0.2, -0.15) is 0 Å². The average Bonchev–Trinajstić information content (AvgIpc) is 2.39. The molecule has 1 aliphatic heterocycles. The van der Waals surface area contributed by atoms with Crippen LogP contribution in [0.15, 0.2) is 24.3 Å². The van der Waals surface area contributed by atoms with Crippen molar-refractivity contribution in [3.63, 3.8) is 0 Å². The van der Waals surface area contributed by atoms with Crippen molar-refractivity contribution in [2.75, 3.05) is 19.7 Å². The summed E-state index contributed by atoms with van der Waals surface area (Å²) < 4.78 is 5.73. The molecule has 0 saturated carbocycles. The van der Waals surface area contributed by atoms with Crippen LogP contribution in [0.5, 0.6) is 0 Å². The Labute approximate surface area is 116 Å². The lowest BCUT2D eigenvalue weighted by Crippen LogP contribution is -2.50. The molecule has 19 heavy (non-hydrogen) atoms. The fourth-order valence-corrected chi connectivity index (χ4v) is 2.61. The van der Waals surface area contributed by atoms with E-state index < -0.39 is 6.10 Å². The van der Waals surface area contributed by atoms with Gasteiger partial charge in [-0.25, -0.2) is 0 Å². The first-order valence-corrected chi connectivity index (χ1v) is 7.15. The van der Waals surface area contributed by atoms with Crippen molar-refractivity contribution in [1.29, 1.82) is 0 Å². The maximum Gasteiger partial charge on any atom is 0.0964 e. The molecule has 1 aromatic carbocycles. The summed E-state index contributed by atoms with van der Waals surface area (Å²) in [7, 11) is 0. The molecule has 3 heteroatoms. The lowest BCUT2D eigenvalue weighted by atomic mass is 10.0. The van der Waals surface area contributed by atoms with Crippen LogP contribution < -0.4 is 0 Å². The molecule has 0 radical (unpaired) electrons. The van der Waals surface area contributed by atoms with E-state index in [1.54, 1.807) is 0 Å². The van der Waals surface area contributed by atoms with Gasteiger partial charge < -0.3 is 9.84 Å². The van der Waals surface area contributed by atoms with E-state index in [0.29, 0.717) is 19.1 Å². The highest BCUT2D eigenvalue weighted by Crippen LogP contribution is 2.15. The summed E-state index contributed by atoms with van der Waals surface area (Å²) in [5, 5.41) is 10.4. The summed E-state index contributed by atoms with van der Waals surface area (Å²) >= 11 is 0. The predicted octanol–water partition coefficient (Wildman–Crippen LogP) is 2.01. The lowest BCUT2D eigenvalue weighted by molar-refractivity contribution is -0.0940. The van der Waals surface area contributed by atoms with Crippen molar-refractivity contribution in [2.24, 2.45) is 0 Å². The lowest BCUT2D eigenvalue weighted by Gasteiger charge is -2.37. The predicted molar refractivity (Wildman–Crippen MR) is 77.3 cm³/mol. The Bertz CT molecular complexity index is 405. The molecule has 2 atom stereocenters. The third kappa shape index (κ3) is 4.03. The third-order valence-electron chi connectivity index (χ3n) is 3.81. The maximum atomic E-state index is 10.4. The average molecular weight is 263 g/mol. The third-order valence-corrected chi connectivity index (χ3v) is 3.81. The molecule has 1 N–H and O–H groups in total. The van der Waals surface area contributed by atoms with E-state index in [1.165, 1.54) is 11.1 Å². The Hall–Kier alpha value is -0.900. The zero-order valence-corrected chi connectivity index (χ0v) is 12.2. The summed E-state index contributed by atoms with van der Waals surface area (Å²) in [5.41, 5.74) is 2.41. The zero-order chi connectivity index (χ0) is 13.8. The maximum absolute atomic E-state index is 10.4. The molecule has 106 valence electrons. The van der Waals surface area contributed by atoms with Gasteiger partial charge in [0, 0.05) is 25.6 Å². The van der Waals surface area contributed by atoms with Crippen LogP contribution in [0.2, 0.25) is 0 Å². The first-order valence-electron chi connectivity index (χ1n) is 7.15. The number of morpholine rings is 1. The molecule has 1 saturated heterocycles. The number of benzene rings is 1. The topological polar surface area (TPSA) is 32.7 Å². The first kappa shape index (κ1) is 14.5. The summed E-state index contributed by atoms with van der Waals surface area (Å²) in [4.78, 5) is 2.37. The van der Waals surface area contributed by atoms with Crippen molar-refractivity contribution in [2.45, 2.75) is 45.4 Å². The minimum absolute atomic E-state index is 0.0725. The molecule has 1 aliphatic rings. The molecular weight excluding hydrogens is 238 g/mol. The highest BCUT2D eigenvalue weighted by molar-refractivity contribution is 5.22. The number of ether oxygens (including phenoxy) is 1. The van der Waals surface area contributed by atoms with Gasteiger partial charge in [-0.3, -0.25) is 4.90 Å². The van der Waals surface area contributed by atoms with Gasteiger partial charge in [0.15, 0.2) is 0 Å². The fourth-order valence-electron chi connectivity index (χ4n) is 2.61.